The summed E-state index contributed by atoms with van der Waals surface area (Å²) in [6, 6.07) is 3.98. The number of hydrogen-bond acceptors (Lipinski definition) is 6. The monoisotopic (exact) mass is 334 g/mol. The summed E-state index contributed by atoms with van der Waals surface area (Å²) in [7, 11) is 1.35. The van der Waals surface area contributed by atoms with Gasteiger partial charge < -0.3 is 14.2 Å². The van der Waals surface area contributed by atoms with Crippen LogP contribution in [-0.2, 0) is 18.5 Å². The van der Waals surface area contributed by atoms with Crippen molar-refractivity contribution in [1.82, 2.24) is 0 Å². The van der Waals surface area contributed by atoms with E-state index in [2.05, 4.69) is 0 Å². The van der Waals surface area contributed by atoms with E-state index >= 15 is 0 Å². The summed E-state index contributed by atoms with van der Waals surface area (Å²) in [5.41, 5.74) is 0.0947. The lowest BCUT2D eigenvalue weighted by molar-refractivity contribution is -0.103. The van der Waals surface area contributed by atoms with Crippen molar-refractivity contribution in [3.05, 3.63) is 23.8 Å². The van der Waals surface area contributed by atoms with Crippen molar-refractivity contribution in [2.75, 3.05) is 13.2 Å². The molecule has 0 atom stereocenters. The predicted octanol–water partition coefficient (Wildman–Crippen LogP) is 1.96. The molecule has 0 unspecified atom stereocenters. The van der Waals surface area contributed by atoms with Gasteiger partial charge in [-0.15, -0.1) is 0 Å². The summed E-state index contributed by atoms with van der Waals surface area (Å²) in [4.78, 5) is 11.7. The molecule has 116 valence electrons. The van der Waals surface area contributed by atoms with Crippen LogP contribution in [0.2, 0.25) is 0 Å². The highest BCUT2D eigenvalue weighted by Crippen LogP contribution is 2.29. The van der Waals surface area contributed by atoms with E-state index < -0.39 is 15.0 Å². The first-order valence-electron chi connectivity index (χ1n) is 6.31. The topological polar surface area (TPSA) is 78.9 Å². The molecule has 6 nitrogen and oxygen atoms in total. The molecule has 1 aromatic rings. The number of esters is 1. The average molecular weight is 335 g/mol. The van der Waals surface area contributed by atoms with Crippen LogP contribution in [0.25, 0.3) is 0 Å². The maximum atomic E-state index is 11.9. The third-order valence-electron chi connectivity index (χ3n) is 2.69. The Balaban J connectivity index is 2.29. The third kappa shape index (κ3) is 4.09. The van der Waals surface area contributed by atoms with Gasteiger partial charge in [0.15, 0.2) is 0 Å². The lowest BCUT2D eigenvalue weighted by Crippen LogP contribution is -2.37. The molecule has 0 bridgehead atoms. The predicted molar refractivity (Wildman–Crippen MR) is 75.3 cm³/mol. The number of ether oxygens (including phenoxy) is 3. The molecule has 1 aliphatic rings. The smallest absolute Gasteiger partial charge is 0.338 e. The van der Waals surface area contributed by atoms with Gasteiger partial charge in [0.05, 0.1) is 24.9 Å². The zero-order chi connectivity index (χ0) is 15.6. The maximum absolute atomic E-state index is 11.9. The number of carbonyl (C=O) groups is 1. The van der Waals surface area contributed by atoms with Crippen molar-refractivity contribution in [1.29, 1.82) is 0 Å². The van der Waals surface area contributed by atoms with Crippen LogP contribution in [0, 0.1) is 0 Å². The number of carbonyl (C=O) groups excluding carboxylic acids is 1. The van der Waals surface area contributed by atoms with E-state index in [9.17, 15) is 13.2 Å². The first kappa shape index (κ1) is 16.1. The van der Waals surface area contributed by atoms with Gasteiger partial charge in [0.2, 0.25) is 0 Å². The van der Waals surface area contributed by atoms with Gasteiger partial charge in [-0.2, -0.15) is 0 Å². The van der Waals surface area contributed by atoms with Crippen LogP contribution in [0.15, 0.2) is 23.1 Å². The van der Waals surface area contributed by atoms with Crippen LogP contribution in [0.4, 0.5) is 0 Å². The Hall–Kier alpha value is -1.31. The molecular formula is C13H15ClO6S. The Morgan fingerprint density at radius 2 is 2.05 bits per heavy atom. The van der Waals surface area contributed by atoms with Crippen molar-refractivity contribution in [3.63, 3.8) is 0 Å². The van der Waals surface area contributed by atoms with Crippen LogP contribution in [0.1, 0.15) is 24.2 Å². The van der Waals surface area contributed by atoms with Gasteiger partial charge in [0, 0.05) is 10.7 Å². The molecule has 0 radical (unpaired) electrons. The van der Waals surface area contributed by atoms with E-state index in [-0.39, 0.29) is 28.4 Å². The Morgan fingerprint density at radius 3 is 2.52 bits per heavy atom. The minimum atomic E-state index is -4.04. The van der Waals surface area contributed by atoms with Gasteiger partial charge in [0.25, 0.3) is 9.05 Å². The molecule has 0 saturated carbocycles. The summed E-state index contributed by atoms with van der Waals surface area (Å²) in [5.74, 6) is -0.524. The quantitative estimate of drug-likeness (QED) is 0.605. The van der Waals surface area contributed by atoms with E-state index in [1.54, 1.807) is 13.8 Å². The number of rotatable bonds is 5. The molecule has 1 heterocycles. The van der Waals surface area contributed by atoms with E-state index in [0.29, 0.717) is 13.2 Å². The van der Waals surface area contributed by atoms with Gasteiger partial charge in [-0.3, -0.25) is 0 Å². The number of benzene rings is 1. The van der Waals surface area contributed by atoms with Crippen LogP contribution < -0.4 is 4.74 Å². The Morgan fingerprint density at radius 1 is 1.38 bits per heavy atom. The second kappa shape index (κ2) is 6.21. The molecular weight excluding hydrogens is 320 g/mol. The van der Waals surface area contributed by atoms with Crippen molar-refractivity contribution in [2.45, 2.75) is 31.0 Å². The Bertz CT molecular complexity index is 636. The SMILES string of the molecule is CC(C)Oc1ccc(C(=O)OC2COC2)cc1S(=O)(=O)Cl. The minimum absolute atomic E-state index is 0.0947. The molecule has 2 rings (SSSR count). The third-order valence-corrected chi connectivity index (χ3v) is 4.03. The van der Waals surface area contributed by atoms with E-state index in [4.69, 9.17) is 24.9 Å². The summed E-state index contributed by atoms with van der Waals surface area (Å²) in [5, 5.41) is 0. The summed E-state index contributed by atoms with van der Waals surface area (Å²) in [6.45, 7) is 4.20. The highest BCUT2D eigenvalue weighted by molar-refractivity contribution is 8.13. The van der Waals surface area contributed by atoms with E-state index in [1.807, 2.05) is 0 Å². The normalized spacial score (nSPS) is 15.6. The van der Waals surface area contributed by atoms with Crippen LogP contribution in [-0.4, -0.2) is 39.8 Å². The fraction of sp³-hybridized carbons (Fsp3) is 0.462. The van der Waals surface area contributed by atoms with Gasteiger partial charge in [0.1, 0.15) is 16.7 Å². The van der Waals surface area contributed by atoms with Crippen LogP contribution >= 0.6 is 10.7 Å². The average Bonchev–Trinajstić information content (AvgIpc) is 2.32. The second-order valence-electron chi connectivity index (χ2n) is 4.83. The lowest BCUT2D eigenvalue weighted by Gasteiger charge is -2.25. The van der Waals surface area contributed by atoms with Crippen LogP contribution in [0.3, 0.4) is 0 Å². The van der Waals surface area contributed by atoms with Crippen molar-refractivity contribution >= 4 is 25.7 Å². The Labute approximate surface area is 127 Å². The van der Waals surface area contributed by atoms with Crippen molar-refractivity contribution < 1.29 is 27.4 Å². The maximum Gasteiger partial charge on any atom is 0.338 e. The standard InChI is InChI=1S/C13H15ClO6S/c1-8(2)19-11-4-3-9(5-12(11)21(14,16)17)13(15)20-10-6-18-7-10/h3-5,8,10H,6-7H2,1-2H3. The zero-order valence-corrected chi connectivity index (χ0v) is 13.1. The van der Waals surface area contributed by atoms with Crippen LogP contribution in [0.5, 0.6) is 5.75 Å². The summed E-state index contributed by atoms with van der Waals surface area (Å²) >= 11 is 0. The van der Waals surface area contributed by atoms with Gasteiger partial charge in [-0.05, 0) is 32.0 Å². The second-order valence-corrected chi connectivity index (χ2v) is 7.37. The highest BCUT2D eigenvalue weighted by atomic mass is 35.7. The zero-order valence-electron chi connectivity index (χ0n) is 11.5. The largest absolute Gasteiger partial charge is 0.490 e. The lowest BCUT2D eigenvalue weighted by atomic mass is 10.2. The number of halogens is 1. The molecule has 1 fully saturated rings. The molecule has 1 aromatic carbocycles. The van der Waals surface area contributed by atoms with Gasteiger partial charge in [-0.25, -0.2) is 13.2 Å². The fourth-order valence-corrected chi connectivity index (χ4v) is 2.66. The molecule has 0 amide bonds. The molecule has 0 aliphatic carbocycles. The molecule has 0 spiro atoms. The van der Waals surface area contributed by atoms with Gasteiger partial charge >= 0.3 is 5.97 Å². The minimum Gasteiger partial charge on any atom is -0.490 e. The first-order valence-corrected chi connectivity index (χ1v) is 8.62. The fourth-order valence-electron chi connectivity index (χ4n) is 1.68. The van der Waals surface area contributed by atoms with Crippen molar-refractivity contribution in [3.8, 4) is 5.75 Å². The van der Waals surface area contributed by atoms with E-state index in [0.717, 1.165) is 6.07 Å². The molecule has 0 N–H and O–H groups in total. The van der Waals surface area contributed by atoms with Gasteiger partial charge in [-0.1, -0.05) is 0 Å². The Kier molecular flexibility index (Phi) is 4.75. The molecule has 8 heteroatoms. The molecule has 1 saturated heterocycles. The number of hydrogen-bond donors (Lipinski definition) is 0. The molecule has 21 heavy (non-hydrogen) atoms. The first-order chi connectivity index (χ1) is 9.77. The molecule has 1 aliphatic heterocycles. The molecule has 0 aromatic heterocycles. The highest BCUT2D eigenvalue weighted by Gasteiger charge is 2.25. The summed E-state index contributed by atoms with van der Waals surface area (Å²) < 4.78 is 38.6. The van der Waals surface area contributed by atoms with E-state index in [1.165, 1.54) is 12.1 Å². The van der Waals surface area contributed by atoms with Crippen molar-refractivity contribution in [2.24, 2.45) is 0 Å². The summed E-state index contributed by atoms with van der Waals surface area (Å²) in [6.07, 6.45) is -0.521.